The fourth-order valence-electron chi connectivity index (χ4n) is 2.92. The van der Waals surface area contributed by atoms with Crippen molar-refractivity contribution < 1.29 is 44.1 Å². The highest BCUT2D eigenvalue weighted by molar-refractivity contribution is 5.95. The van der Waals surface area contributed by atoms with Gasteiger partial charge in [-0.1, -0.05) is 0 Å². The molecule has 0 aromatic heterocycles. The highest BCUT2D eigenvalue weighted by Gasteiger charge is 2.39. The van der Waals surface area contributed by atoms with Crippen LogP contribution in [0.2, 0.25) is 0 Å². The number of nitrogens with zero attached hydrogens (tertiary/aromatic N) is 1. The van der Waals surface area contributed by atoms with E-state index in [1.165, 1.54) is 0 Å². The molecule has 0 aromatic rings. The van der Waals surface area contributed by atoms with E-state index in [1.54, 1.807) is 0 Å². The Bertz CT molecular complexity index is 713. The number of amides is 4. The van der Waals surface area contributed by atoms with Gasteiger partial charge in [0.05, 0.1) is 25.5 Å². The highest BCUT2D eigenvalue weighted by Crippen LogP contribution is 2.19. The van der Waals surface area contributed by atoms with Crippen molar-refractivity contribution in [2.75, 3.05) is 13.2 Å². The number of aliphatic hydroxyl groups excluding tert-OH is 1. The monoisotopic (exact) mass is 431 g/mol. The van der Waals surface area contributed by atoms with Crippen molar-refractivity contribution in [2.45, 2.75) is 49.9 Å². The van der Waals surface area contributed by atoms with E-state index in [1.807, 2.05) is 0 Å². The second-order valence-corrected chi connectivity index (χ2v) is 6.71. The number of hydrogen-bond acceptors (Lipinski definition) is 8. The minimum Gasteiger partial charge on any atom is -0.481 e. The van der Waals surface area contributed by atoms with Crippen molar-refractivity contribution >= 4 is 35.6 Å². The predicted molar refractivity (Wildman–Crippen MR) is 97.4 cm³/mol. The number of carboxylic acid groups (broad SMARTS) is 2. The van der Waals surface area contributed by atoms with Crippen LogP contribution >= 0.6 is 0 Å². The normalized spacial score (nSPS) is 18.7. The van der Waals surface area contributed by atoms with Crippen LogP contribution in [0.3, 0.4) is 0 Å². The molecule has 0 radical (unpaired) electrons. The van der Waals surface area contributed by atoms with Crippen LogP contribution < -0.4 is 22.1 Å². The van der Waals surface area contributed by atoms with Crippen molar-refractivity contribution in [3.8, 4) is 0 Å². The van der Waals surface area contributed by atoms with Crippen molar-refractivity contribution in [3.05, 3.63) is 0 Å². The zero-order valence-corrected chi connectivity index (χ0v) is 15.9. The average Bonchev–Trinajstić information content (AvgIpc) is 3.13. The topological polar surface area (TPSA) is 242 Å². The van der Waals surface area contributed by atoms with Crippen LogP contribution in [0, 0.1) is 0 Å². The van der Waals surface area contributed by atoms with Gasteiger partial charge in [-0.3, -0.25) is 24.0 Å². The summed E-state index contributed by atoms with van der Waals surface area (Å²) in [5.41, 5.74) is 10.4. The highest BCUT2D eigenvalue weighted by atomic mass is 16.4. The summed E-state index contributed by atoms with van der Waals surface area (Å²) in [7, 11) is 0. The van der Waals surface area contributed by atoms with Crippen molar-refractivity contribution in [1.82, 2.24) is 15.5 Å². The number of hydrogen-bond donors (Lipinski definition) is 7. The van der Waals surface area contributed by atoms with E-state index in [9.17, 15) is 33.9 Å². The number of carbonyl (C=O) groups is 6. The first kappa shape index (κ1) is 24.8. The summed E-state index contributed by atoms with van der Waals surface area (Å²) >= 11 is 0. The summed E-state index contributed by atoms with van der Waals surface area (Å²) in [6.45, 7) is -0.743. The van der Waals surface area contributed by atoms with Gasteiger partial charge < -0.3 is 42.3 Å². The summed E-state index contributed by atoms with van der Waals surface area (Å²) in [5, 5.41) is 31.5. The maximum Gasteiger partial charge on any atom is 0.326 e. The lowest BCUT2D eigenvalue weighted by Crippen LogP contribution is -2.58. The average molecular weight is 431 g/mol. The van der Waals surface area contributed by atoms with E-state index >= 15 is 0 Å². The lowest BCUT2D eigenvalue weighted by atomic mass is 10.1. The fourth-order valence-corrected chi connectivity index (χ4v) is 2.92. The molecule has 1 aliphatic heterocycles. The molecule has 14 heteroatoms. The third-order valence-electron chi connectivity index (χ3n) is 4.39. The molecule has 0 aromatic carbocycles. The zero-order valence-electron chi connectivity index (χ0n) is 15.9. The molecule has 168 valence electrons. The molecule has 0 spiro atoms. The van der Waals surface area contributed by atoms with Gasteiger partial charge in [0.25, 0.3) is 0 Å². The van der Waals surface area contributed by atoms with Gasteiger partial charge in [-0.2, -0.15) is 0 Å². The van der Waals surface area contributed by atoms with Gasteiger partial charge in [0.15, 0.2) is 0 Å². The van der Waals surface area contributed by atoms with Crippen molar-refractivity contribution in [2.24, 2.45) is 11.5 Å². The summed E-state index contributed by atoms with van der Waals surface area (Å²) in [4.78, 5) is 70.9. The molecule has 4 unspecified atom stereocenters. The minimum atomic E-state index is -1.57. The first-order valence-corrected chi connectivity index (χ1v) is 8.98. The quantitative estimate of drug-likeness (QED) is 0.166. The molecule has 4 atom stereocenters. The number of aliphatic carboxylic acids is 2. The molecular weight excluding hydrogens is 406 g/mol. The van der Waals surface area contributed by atoms with E-state index in [0.29, 0.717) is 6.42 Å². The fraction of sp³-hybridized carbons (Fsp3) is 0.625. The molecular formula is C16H25N5O9. The molecule has 1 aliphatic rings. The summed E-state index contributed by atoms with van der Waals surface area (Å²) in [5.74, 6) is -6.39. The van der Waals surface area contributed by atoms with Gasteiger partial charge >= 0.3 is 11.9 Å². The second-order valence-electron chi connectivity index (χ2n) is 6.71. The first-order chi connectivity index (χ1) is 14.0. The minimum absolute atomic E-state index is 0.0953. The van der Waals surface area contributed by atoms with Crippen LogP contribution in [0.25, 0.3) is 0 Å². The molecule has 0 aliphatic carbocycles. The standard InChI is InChI=1S/C16H25N5O9/c17-7(4-12(24)25)13(26)20-9(6-22)15(28)21-3-1-2-10(21)14(27)19-8(16(29)30)5-11(18)23/h7-10,22H,1-6,17H2,(H2,18,23)(H,19,27)(H,20,26)(H,24,25)(H,29,30). The van der Waals surface area contributed by atoms with E-state index in [0.717, 1.165) is 4.90 Å². The van der Waals surface area contributed by atoms with Gasteiger partial charge in [-0.25, -0.2) is 4.79 Å². The molecule has 1 heterocycles. The molecule has 9 N–H and O–H groups in total. The van der Waals surface area contributed by atoms with E-state index < -0.39 is 79.2 Å². The molecule has 1 rings (SSSR count). The SMILES string of the molecule is NC(=O)CC(NC(=O)C1CCCN1C(=O)C(CO)NC(=O)C(N)CC(=O)O)C(=O)O. The Balaban J connectivity index is 2.84. The predicted octanol–water partition coefficient (Wildman–Crippen LogP) is -4.30. The van der Waals surface area contributed by atoms with Crippen molar-refractivity contribution in [3.63, 3.8) is 0 Å². The number of rotatable bonds is 11. The Hall–Kier alpha value is -3.26. The van der Waals surface area contributed by atoms with Crippen LogP contribution in [0.5, 0.6) is 0 Å². The van der Waals surface area contributed by atoms with Crippen molar-refractivity contribution in [1.29, 1.82) is 0 Å². The van der Waals surface area contributed by atoms with Crippen LogP contribution in [0.15, 0.2) is 0 Å². The van der Waals surface area contributed by atoms with E-state index in [2.05, 4.69) is 10.6 Å². The van der Waals surface area contributed by atoms with Gasteiger partial charge in [0.1, 0.15) is 18.1 Å². The third kappa shape index (κ3) is 6.97. The molecule has 1 fully saturated rings. The van der Waals surface area contributed by atoms with E-state index in [-0.39, 0.29) is 13.0 Å². The number of carboxylic acids is 2. The lowest BCUT2D eigenvalue weighted by molar-refractivity contribution is -0.146. The maximum atomic E-state index is 12.7. The number of primary amides is 1. The molecule has 0 bridgehead atoms. The summed E-state index contributed by atoms with van der Waals surface area (Å²) < 4.78 is 0. The van der Waals surface area contributed by atoms with Crippen LogP contribution in [-0.4, -0.2) is 93.1 Å². The van der Waals surface area contributed by atoms with Gasteiger partial charge in [0, 0.05) is 6.54 Å². The second kappa shape index (κ2) is 11.1. The van der Waals surface area contributed by atoms with Gasteiger partial charge in [-0.15, -0.1) is 0 Å². The number of likely N-dealkylation sites (tertiary alicyclic amines) is 1. The lowest BCUT2D eigenvalue weighted by Gasteiger charge is -2.29. The Morgan fingerprint density at radius 1 is 1.03 bits per heavy atom. The maximum absolute atomic E-state index is 12.7. The summed E-state index contributed by atoms with van der Waals surface area (Å²) in [6, 6.07) is -5.60. The number of carbonyl (C=O) groups excluding carboxylic acids is 4. The molecule has 1 saturated heterocycles. The third-order valence-corrected chi connectivity index (χ3v) is 4.39. The van der Waals surface area contributed by atoms with E-state index in [4.69, 9.17) is 21.7 Å². The molecule has 4 amide bonds. The molecule has 14 nitrogen and oxygen atoms in total. The Labute approximate surface area is 170 Å². The number of aliphatic hydroxyl groups is 1. The first-order valence-electron chi connectivity index (χ1n) is 8.98. The smallest absolute Gasteiger partial charge is 0.326 e. The van der Waals surface area contributed by atoms with Crippen LogP contribution in [0.4, 0.5) is 0 Å². The number of nitrogens with two attached hydrogens (primary N) is 2. The largest absolute Gasteiger partial charge is 0.481 e. The zero-order chi connectivity index (χ0) is 23.0. The van der Waals surface area contributed by atoms with Crippen LogP contribution in [-0.2, 0) is 28.8 Å². The van der Waals surface area contributed by atoms with Gasteiger partial charge in [0.2, 0.25) is 23.6 Å². The molecule has 30 heavy (non-hydrogen) atoms. The Morgan fingerprint density at radius 2 is 1.67 bits per heavy atom. The summed E-state index contributed by atoms with van der Waals surface area (Å²) in [6.07, 6.45) is -0.755. The molecule has 0 saturated carbocycles. The number of nitrogens with one attached hydrogen (secondary N) is 2. The Morgan fingerprint density at radius 3 is 2.17 bits per heavy atom. The van der Waals surface area contributed by atoms with Crippen LogP contribution in [0.1, 0.15) is 25.7 Å². The van der Waals surface area contributed by atoms with Gasteiger partial charge in [-0.05, 0) is 12.8 Å². The Kier molecular flexibility index (Phi) is 9.14.